The highest BCUT2D eigenvalue weighted by atomic mass is 32.2. The predicted octanol–water partition coefficient (Wildman–Crippen LogP) is 4.36. The number of nitro benzene ring substituents is 1. The Kier molecular flexibility index (Phi) is 4.41. The third-order valence-electron chi connectivity index (χ3n) is 6.83. The van der Waals surface area contributed by atoms with Gasteiger partial charge in [-0.05, 0) is 66.1 Å². The lowest BCUT2D eigenvalue weighted by molar-refractivity contribution is -0.384. The Morgan fingerprint density at radius 3 is 2.54 bits per heavy atom. The average Bonchev–Trinajstić information content (AvgIpc) is 3.17. The number of hydrogen-bond acceptors (Lipinski definition) is 6. The molecule has 1 heterocycles. The molecule has 2 atom stereocenters. The summed E-state index contributed by atoms with van der Waals surface area (Å²) in [5, 5.41) is 22.8. The molecule has 4 rings (SSSR count). The van der Waals surface area contributed by atoms with E-state index in [-0.39, 0.29) is 22.4 Å². The topological polar surface area (TPSA) is 97.0 Å². The Morgan fingerprint density at radius 2 is 1.96 bits per heavy atom. The Hall–Kier alpha value is -2.48. The lowest BCUT2D eigenvalue weighted by Gasteiger charge is -2.34. The maximum Gasteiger partial charge on any atom is 0.269 e. The molecular weight excluding hydrogens is 376 g/mol. The number of fused-ring (bicyclic) bond motifs is 2. The van der Waals surface area contributed by atoms with Gasteiger partial charge in [-0.15, -0.1) is 5.10 Å². The van der Waals surface area contributed by atoms with Crippen LogP contribution in [0.1, 0.15) is 45.6 Å². The van der Waals surface area contributed by atoms with E-state index in [0.717, 1.165) is 24.1 Å². The zero-order chi connectivity index (χ0) is 20.1. The van der Waals surface area contributed by atoms with Gasteiger partial charge in [0.05, 0.1) is 9.83 Å². The van der Waals surface area contributed by atoms with E-state index < -0.39 is 4.92 Å². The third-order valence-corrected chi connectivity index (χ3v) is 7.73. The average molecular weight is 398 g/mol. The lowest BCUT2D eigenvalue weighted by Crippen LogP contribution is -2.32. The van der Waals surface area contributed by atoms with Gasteiger partial charge in [-0.3, -0.25) is 20.2 Å². The summed E-state index contributed by atoms with van der Waals surface area (Å²) in [6, 6.07) is 6.07. The molecule has 0 spiro atoms. The fourth-order valence-corrected chi connectivity index (χ4v) is 5.28. The van der Waals surface area contributed by atoms with Gasteiger partial charge in [0.15, 0.2) is 5.17 Å². The Labute approximate surface area is 167 Å². The Bertz CT molecular complexity index is 949. The van der Waals surface area contributed by atoms with Crippen molar-refractivity contribution in [2.24, 2.45) is 27.0 Å². The molecule has 8 heteroatoms. The fraction of sp³-hybridized carbons (Fsp3) is 0.450. The molecule has 2 aliphatic carbocycles. The van der Waals surface area contributed by atoms with Crippen LogP contribution in [0.25, 0.3) is 6.08 Å². The normalized spacial score (nSPS) is 32.5. The van der Waals surface area contributed by atoms with Crippen molar-refractivity contribution < 1.29 is 9.72 Å². The van der Waals surface area contributed by atoms with Gasteiger partial charge in [0.1, 0.15) is 0 Å². The summed E-state index contributed by atoms with van der Waals surface area (Å²) in [7, 11) is 0. The van der Waals surface area contributed by atoms with Crippen LogP contribution in [0.4, 0.5) is 5.69 Å². The van der Waals surface area contributed by atoms with E-state index in [2.05, 4.69) is 36.3 Å². The van der Waals surface area contributed by atoms with Crippen LogP contribution in [-0.2, 0) is 4.79 Å². The molecule has 1 aromatic carbocycles. The van der Waals surface area contributed by atoms with Crippen molar-refractivity contribution in [1.29, 1.82) is 0 Å². The molecule has 146 valence electrons. The molecule has 1 N–H and O–H groups in total. The Morgan fingerprint density at radius 1 is 1.25 bits per heavy atom. The highest BCUT2D eigenvalue weighted by Crippen LogP contribution is 2.64. The summed E-state index contributed by atoms with van der Waals surface area (Å²) in [6.07, 6.45) is 5.05. The smallest absolute Gasteiger partial charge is 0.269 e. The highest BCUT2D eigenvalue weighted by Gasteiger charge is 2.60. The maximum absolute atomic E-state index is 12.2. The zero-order valence-electron chi connectivity index (χ0n) is 16.1. The van der Waals surface area contributed by atoms with E-state index in [0.29, 0.717) is 16.0 Å². The number of carbonyl (C=O) groups excluding carboxylic acids is 1. The van der Waals surface area contributed by atoms with Crippen molar-refractivity contribution in [2.45, 2.75) is 40.0 Å². The van der Waals surface area contributed by atoms with E-state index in [1.165, 1.54) is 30.3 Å². The number of rotatable bonds is 3. The number of carbonyl (C=O) groups is 1. The van der Waals surface area contributed by atoms with Gasteiger partial charge in [-0.2, -0.15) is 5.10 Å². The minimum atomic E-state index is -0.449. The van der Waals surface area contributed by atoms with E-state index in [4.69, 9.17) is 0 Å². The first kappa shape index (κ1) is 18.9. The number of amidine groups is 1. The minimum Gasteiger partial charge on any atom is -0.299 e. The summed E-state index contributed by atoms with van der Waals surface area (Å²) in [4.78, 5) is 23.0. The molecule has 7 nitrogen and oxygen atoms in total. The van der Waals surface area contributed by atoms with Crippen molar-refractivity contribution in [1.82, 2.24) is 5.32 Å². The van der Waals surface area contributed by atoms with Crippen LogP contribution in [0.3, 0.4) is 0 Å². The Balaban J connectivity index is 1.51. The first-order valence-electron chi connectivity index (χ1n) is 9.31. The summed E-state index contributed by atoms with van der Waals surface area (Å²) in [5.74, 6) is 0.418. The summed E-state index contributed by atoms with van der Waals surface area (Å²) >= 11 is 1.24. The number of non-ortho nitro benzene ring substituents is 1. The fourth-order valence-electron chi connectivity index (χ4n) is 4.50. The largest absolute Gasteiger partial charge is 0.299 e. The number of nitrogens with zero attached hydrogens (tertiary/aromatic N) is 3. The number of hydrogen-bond donors (Lipinski definition) is 1. The van der Waals surface area contributed by atoms with E-state index in [1.54, 1.807) is 18.2 Å². The summed E-state index contributed by atoms with van der Waals surface area (Å²) in [5.41, 5.74) is 2.18. The van der Waals surface area contributed by atoms with E-state index >= 15 is 0 Å². The van der Waals surface area contributed by atoms with Crippen molar-refractivity contribution in [3.63, 3.8) is 0 Å². The van der Waals surface area contributed by atoms with Gasteiger partial charge in [0, 0.05) is 23.3 Å². The van der Waals surface area contributed by atoms with Crippen LogP contribution in [0.2, 0.25) is 0 Å². The second-order valence-corrected chi connectivity index (χ2v) is 9.39. The highest BCUT2D eigenvalue weighted by molar-refractivity contribution is 8.18. The molecule has 0 radical (unpaired) electrons. The molecule has 3 fully saturated rings. The molecular formula is C20H22N4O3S. The summed E-state index contributed by atoms with van der Waals surface area (Å²) in [6.45, 7) is 6.91. The molecule has 1 aromatic rings. The van der Waals surface area contributed by atoms with Crippen LogP contribution in [-0.4, -0.2) is 21.7 Å². The first-order valence-corrected chi connectivity index (χ1v) is 10.1. The van der Waals surface area contributed by atoms with Crippen molar-refractivity contribution in [2.75, 3.05) is 0 Å². The van der Waals surface area contributed by atoms with Crippen LogP contribution < -0.4 is 5.32 Å². The van der Waals surface area contributed by atoms with Crippen LogP contribution >= 0.6 is 11.8 Å². The summed E-state index contributed by atoms with van der Waals surface area (Å²) < 4.78 is 0. The van der Waals surface area contributed by atoms with Gasteiger partial charge < -0.3 is 0 Å². The second kappa shape index (κ2) is 6.55. The number of thioether (sulfide) groups is 1. The number of nitro groups is 1. The molecule has 2 saturated carbocycles. The molecule has 0 aromatic heterocycles. The third kappa shape index (κ3) is 2.96. The number of amides is 1. The second-order valence-electron chi connectivity index (χ2n) is 8.36. The molecule has 2 bridgehead atoms. The van der Waals surface area contributed by atoms with Crippen LogP contribution in [0.15, 0.2) is 39.4 Å². The quantitative estimate of drug-likeness (QED) is 0.465. The maximum atomic E-state index is 12.2. The molecule has 1 amide bonds. The van der Waals surface area contributed by atoms with Crippen molar-refractivity contribution in [3.05, 3.63) is 44.8 Å². The molecule has 0 unspecified atom stereocenters. The van der Waals surface area contributed by atoms with Gasteiger partial charge in [0.25, 0.3) is 11.6 Å². The van der Waals surface area contributed by atoms with Gasteiger partial charge in [-0.1, -0.05) is 20.8 Å². The predicted molar refractivity (Wildman–Crippen MR) is 111 cm³/mol. The van der Waals surface area contributed by atoms with E-state index in [9.17, 15) is 14.9 Å². The molecule has 1 aliphatic heterocycles. The molecule has 1 saturated heterocycles. The monoisotopic (exact) mass is 398 g/mol. The standard InChI is InChI=1S/C20H22N4O3S/c1-19(2)13-8-9-20(19,3)16(11-13)22-23-18-21-17(25)15(28-18)10-12-4-6-14(7-5-12)24(26)27/h4-7,10,13H,8-9,11H2,1-3H3,(H,21,23,25)/b15-10+,22-16-/t13-,20-/m0/s1. The minimum absolute atomic E-state index is 0.0195. The van der Waals surface area contributed by atoms with Crippen LogP contribution in [0.5, 0.6) is 0 Å². The van der Waals surface area contributed by atoms with Crippen molar-refractivity contribution >= 4 is 40.3 Å². The molecule has 3 aliphatic rings. The van der Waals surface area contributed by atoms with Gasteiger partial charge in [-0.25, -0.2) is 0 Å². The van der Waals surface area contributed by atoms with Crippen LogP contribution in [0, 0.1) is 26.9 Å². The van der Waals surface area contributed by atoms with Gasteiger partial charge in [0.2, 0.25) is 0 Å². The molecule has 28 heavy (non-hydrogen) atoms. The lowest BCUT2D eigenvalue weighted by atomic mass is 9.70. The number of nitrogens with one attached hydrogen (secondary N) is 1. The van der Waals surface area contributed by atoms with Gasteiger partial charge >= 0.3 is 0 Å². The SMILES string of the molecule is CC1(C)[C@H]2CC[C@@]1(C)/C(=N\N=C1\NC(=O)/C(=C\c3ccc([N+](=O)[O-])cc3)S1)C2. The van der Waals surface area contributed by atoms with E-state index in [1.807, 2.05) is 0 Å². The van der Waals surface area contributed by atoms with Crippen molar-refractivity contribution in [3.8, 4) is 0 Å². The first-order chi connectivity index (χ1) is 13.2. The number of benzene rings is 1. The zero-order valence-corrected chi connectivity index (χ0v) is 16.9.